The van der Waals surface area contributed by atoms with Crippen LogP contribution < -0.4 is 15.8 Å². The lowest BCUT2D eigenvalue weighted by Gasteiger charge is -2.25. The first kappa shape index (κ1) is 16.6. The summed E-state index contributed by atoms with van der Waals surface area (Å²) in [6.07, 6.45) is 2.79. The van der Waals surface area contributed by atoms with Crippen molar-refractivity contribution in [2.24, 2.45) is 5.41 Å². The van der Waals surface area contributed by atoms with Crippen LogP contribution in [0.15, 0.2) is 18.2 Å². The molecular weight excluding hydrogens is 252 g/mol. The Morgan fingerprint density at radius 1 is 1.30 bits per heavy atom. The van der Waals surface area contributed by atoms with Gasteiger partial charge < -0.3 is 20.9 Å². The molecule has 114 valence electrons. The molecule has 4 nitrogen and oxygen atoms in total. The highest BCUT2D eigenvalue weighted by Crippen LogP contribution is 2.26. The zero-order valence-corrected chi connectivity index (χ0v) is 12.9. The molecule has 1 aromatic carbocycles. The number of benzene rings is 1. The number of nitrogen functional groups attached to an aromatic ring is 1. The van der Waals surface area contributed by atoms with Gasteiger partial charge in [-0.3, -0.25) is 0 Å². The van der Waals surface area contributed by atoms with Gasteiger partial charge in [-0.05, 0) is 30.7 Å². The summed E-state index contributed by atoms with van der Waals surface area (Å²) in [5, 5.41) is 12.3. The van der Waals surface area contributed by atoms with Crippen LogP contribution in [0.4, 0.5) is 11.4 Å². The molecule has 0 bridgehead atoms. The Morgan fingerprint density at radius 3 is 2.70 bits per heavy atom. The van der Waals surface area contributed by atoms with E-state index in [0.29, 0.717) is 12.3 Å². The van der Waals surface area contributed by atoms with E-state index in [1.807, 2.05) is 18.2 Å². The number of rotatable bonds is 9. The summed E-state index contributed by atoms with van der Waals surface area (Å²) in [5.74, 6) is 0.808. The van der Waals surface area contributed by atoms with Crippen LogP contribution >= 0.6 is 0 Å². The SMILES string of the molecule is CCCOc1cc(N)cc(NCC(C)(C)CCCO)c1. The Bertz CT molecular complexity index is 405. The Kier molecular flexibility index (Phi) is 6.65. The summed E-state index contributed by atoms with van der Waals surface area (Å²) in [4.78, 5) is 0. The molecule has 0 heterocycles. The van der Waals surface area contributed by atoms with Crippen LogP contribution in [0.1, 0.15) is 40.0 Å². The molecule has 0 fully saturated rings. The van der Waals surface area contributed by atoms with Crippen molar-refractivity contribution in [2.75, 3.05) is 30.8 Å². The number of aliphatic hydroxyl groups is 1. The molecule has 0 saturated heterocycles. The van der Waals surface area contributed by atoms with E-state index >= 15 is 0 Å². The molecule has 0 aliphatic heterocycles. The number of aliphatic hydroxyl groups excluding tert-OH is 1. The Hall–Kier alpha value is -1.42. The van der Waals surface area contributed by atoms with Gasteiger partial charge in [-0.15, -0.1) is 0 Å². The quantitative estimate of drug-likeness (QED) is 0.607. The van der Waals surface area contributed by atoms with Crippen molar-refractivity contribution < 1.29 is 9.84 Å². The molecule has 1 aromatic rings. The van der Waals surface area contributed by atoms with Gasteiger partial charge in [-0.25, -0.2) is 0 Å². The number of ether oxygens (including phenoxy) is 1. The molecule has 0 atom stereocenters. The van der Waals surface area contributed by atoms with Crippen LogP contribution in [0, 0.1) is 5.41 Å². The highest BCUT2D eigenvalue weighted by atomic mass is 16.5. The van der Waals surface area contributed by atoms with Gasteiger partial charge in [0.1, 0.15) is 5.75 Å². The molecule has 0 spiro atoms. The first-order valence-corrected chi connectivity index (χ1v) is 7.35. The van der Waals surface area contributed by atoms with E-state index in [-0.39, 0.29) is 12.0 Å². The van der Waals surface area contributed by atoms with Crippen LogP contribution in [-0.2, 0) is 0 Å². The fraction of sp³-hybridized carbons (Fsp3) is 0.625. The average Bonchev–Trinajstić information content (AvgIpc) is 2.40. The maximum atomic E-state index is 8.92. The first-order chi connectivity index (χ1) is 9.46. The topological polar surface area (TPSA) is 67.5 Å². The molecular formula is C16H28N2O2. The van der Waals surface area contributed by atoms with E-state index in [1.54, 1.807) is 0 Å². The molecule has 4 N–H and O–H groups in total. The smallest absolute Gasteiger partial charge is 0.123 e. The second kappa shape index (κ2) is 8.00. The lowest BCUT2D eigenvalue weighted by Crippen LogP contribution is -2.23. The molecule has 1 rings (SSSR count). The lowest BCUT2D eigenvalue weighted by molar-refractivity contribution is 0.248. The van der Waals surface area contributed by atoms with Crippen molar-refractivity contribution in [1.82, 2.24) is 0 Å². The van der Waals surface area contributed by atoms with Crippen LogP contribution in [-0.4, -0.2) is 24.9 Å². The molecule has 0 saturated carbocycles. The van der Waals surface area contributed by atoms with Gasteiger partial charge in [0.2, 0.25) is 0 Å². The van der Waals surface area contributed by atoms with Crippen molar-refractivity contribution in [3.63, 3.8) is 0 Å². The van der Waals surface area contributed by atoms with Crippen molar-refractivity contribution in [3.8, 4) is 5.75 Å². The highest BCUT2D eigenvalue weighted by molar-refractivity contribution is 5.59. The number of anilines is 2. The predicted molar refractivity (Wildman–Crippen MR) is 85.2 cm³/mol. The monoisotopic (exact) mass is 280 g/mol. The number of hydrogen-bond donors (Lipinski definition) is 3. The minimum Gasteiger partial charge on any atom is -0.493 e. The maximum absolute atomic E-state index is 8.92. The van der Waals surface area contributed by atoms with Crippen LogP contribution in [0.2, 0.25) is 0 Å². The van der Waals surface area contributed by atoms with Gasteiger partial charge in [0.05, 0.1) is 6.61 Å². The zero-order valence-electron chi connectivity index (χ0n) is 12.9. The molecule has 0 aliphatic rings. The van der Waals surface area contributed by atoms with Crippen molar-refractivity contribution in [1.29, 1.82) is 0 Å². The number of nitrogens with two attached hydrogens (primary N) is 1. The molecule has 4 heteroatoms. The fourth-order valence-electron chi connectivity index (χ4n) is 2.01. The zero-order chi connectivity index (χ0) is 15.0. The summed E-state index contributed by atoms with van der Waals surface area (Å²) < 4.78 is 5.62. The Labute approximate surface area is 122 Å². The minimum absolute atomic E-state index is 0.137. The Balaban J connectivity index is 2.60. The van der Waals surface area contributed by atoms with Gasteiger partial charge in [0.25, 0.3) is 0 Å². The molecule has 0 aliphatic carbocycles. The van der Waals surface area contributed by atoms with E-state index in [9.17, 15) is 0 Å². The highest BCUT2D eigenvalue weighted by Gasteiger charge is 2.17. The van der Waals surface area contributed by atoms with E-state index in [4.69, 9.17) is 15.6 Å². The van der Waals surface area contributed by atoms with Gasteiger partial charge in [0, 0.05) is 36.7 Å². The Morgan fingerprint density at radius 2 is 2.05 bits per heavy atom. The summed E-state index contributed by atoms with van der Waals surface area (Å²) in [6, 6.07) is 5.74. The summed E-state index contributed by atoms with van der Waals surface area (Å²) in [6.45, 7) is 8.24. The molecule has 20 heavy (non-hydrogen) atoms. The molecule has 0 unspecified atom stereocenters. The van der Waals surface area contributed by atoms with Gasteiger partial charge in [0.15, 0.2) is 0 Å². The van der Waals surface area contributed by atoms with E-state index in [0.717, 1.165) is 37.2 Å². The predicted octanol–water partition coefficient (Wildman–Crippen LogP) is 3.27. The third kappa shape index (κ3) is 6.15. The van der Waals surface area contributed by atoms with Crippen LogP contribution in [0.5, 0.6) is 5.75 Å². The summed E-state index contributed by atoms with van der Waals surface area (Å²) in [5.41, 5.74) is 7.72. The second-order valence-corrected chi connectivity index (χ2v) is 5.98. The van der Waals surface area contributed by atoms with Gasteiger partial charge in [-0.1, -0.05) is 20.8 Å². The van der Waals surface area contributed by atoms with Crippen molar-refractivity contribution in [2.45, 2.75) is 40.0 Å². The van der Waals surface area contributed by atoms with E-state index < -0.39 is 0 Å². The number of hydrogen-bond acceptors (Lipinski definition) is 4. The van der Waals surface area contributed by atoms with Gasteiger partial charge >= 0.3 is 0 Å². The summed E-state index contributed by atoms with van der Waals surface area (Å²) >= 11 is 0. The largest absolute Gasteiger partial charge is 0.493 e. The number of nitrogens with one attached hydrogen (secondary N) is 1. The lowest BCUT2D eigenvalue weighted by atomic mass is 9.88. The fourth-order valence-corrected chi connectivity index (χ4v) is 2.01. The molecule has 0 amide bonds. The standard InChI is InChI=1S/C16H28N2O2/c1-4-8-20-15-10-13(17)9-14(11-15)18-12-16(2,3)6-5-7-19/h9-11,18-19H,4-8,12,17H2,1-3H3. The molecule has 0 radical (unpaired) electrons. The third-order valence-electron chi connectivity index (χ3n) is 3.18. The van der Waals surface area contributed by atoms with Crippen LogP contribution in [0.3, 0.4) is 0 Å². The molecule has 0 aromatic heterocycles. The maximum Gasteiger partial charge on any atom is 0.123 e. The first-order valence-electron chi connectivity index (χ1n) is 7.35. The normalized spacial score (nSPS) is 11.4. The van der Waals surface area contributed by atoms with Crippen molar-refractivity contribution in [3.05, 3.63) is 18.2 Å². The third-order valence-corrected chi connectivity index (χ3v) is 3.18. The van der Waals surface area contributed by atoms with E-state index in [2.05, 4.69) is 26.1 Å². The average molecular weight is 280 g/mol. The second-order valence-electron chi connectivity index (χ2n) is 5.98. The van der Waals surface area contributed by atoms with Crippen LogP contribution in [0.25, 0.3) is 0 Å². The van der Waals surface area contributed by atoms with Crippen molar-refractivity contribution >= 4 is 11.4 Å². The van der Waals surface area contributed by atoms with E-state index in [1.165, 1.54) is 0 Å². The summed E-state index contributed by atoms with van der Waals surface area (Å²) in [7, 11) is 0. The van der Waals surface area contributed by atoms with Gasteiger partial charge in [-0.2, -0.15) is 0 Å². The minimum atomic E-state index is 0.137.